The van der Waals surface area contributed by atoms with Crippen molar-refractivity contribution in [3.05, 3.63) is 90.0 Å². The molecule has 1 atom stereocenters. The zero-order chi connectivity index (χ0) is 21.2. The Morgan fingerprint density at radius 3 is 2.43 bits per heavy atom. The van der Waals surface area contributed by atoms with Gasteiger partial charge < -0.3 is 19.6 Å². The lowest BCUT2D eigenvalue weighted by atomic mass is 10.2. The number of carbonyl (C=O) groups excluding carboxylic acids is 1. The highest BCUT2D eigenvalue weighted by molar-refractivity contribution is 5.94. The van der Waals surface area contributed by atoms with Crippen molar-refractivity contribution in [1.82, 2.24) is 0 Å². The largest absolute Gasteiger partial charge is 0.496 e. The monoisotopic (exact) mass is 404 g/mol. The zero-order valence-electron chi connectivity index (χ0n) is 16.9. The fraction of sp³-hybridized carbons (Fsp3) is 0.167. The number of ether oxygens (including phenoxy) is 2. The van der Waals surface area contributed by atoms with Gasteiger partial charge in [0.15, 0.2) is 0 Å². The molecule has 1 amide bonds. The van der Waals surface area contributed by atoms with E-state index in [-0.39, 0.29) is 5.91 Å². The predicted octanol–water partition coefficient (Wildman–Crippen LogP) is 4.65. The summed E-state index contributed by atoms with van der Waals surface area (Å²) in [5, 5.41) is 6.69. The van der Waals surface area contributed by atoms with Gasteiger partial charge in [0.2, 0.25) is 6.10 Å². The molecule has 0 saturated heterocycles. The summed E-state index contributed by atoms with van der Waals surface area (Å²) >= 11 is 0. The van der Waals surface area contributed by atoms with Gasteiger partial charge in [0.1, 0.15) is 18.1 Å². The van der Waals surface area contributed by atoms with E-state index in [1.54, 1.807) is 26.2 Å². The molecule has 30 heavy (non-hydrogen) atoms. The zero-order valence-corrected chi connectivity index (χ0v) is 16.9. The fourth-order valence-electron chi connectivity index (χ4n) is 2.62. The van der Waals surface area contributed by atoms with Gasteiger partial charge in [0.25, 0.3) is 5.91 Å². The summed E-state index contributed by atoms with van der Waals surface area (Å²) in [6.07, 6.45) is 0.756. The summed E-state index contributed by atoms with van der Waals surface area (Å²) in [5.41, 5.74) is 2.50. The molecule has 0 radical (unpaired) electrons. The van der Waals surface area contributed by atoms with Crippen molar-refractivity contribution in [2.75, 3.05) is 12.4 Å². The quantitative estimate of drug-likeness (QED) is 0.416. The van der Waals surface area contributed by atoms with Crippen LogP contribution in [-0.2, 0) is 16.2 Å². The lowest BCUT2D eigenvalue weighted by Gasteiger charge is -2.11. The molecule has 1 N–H and O–H groups in total. The van der Waals surface area contributed by atoms with Gasteiger partial charge in [-0.05, 0) is 48.9 Å². The third-order valence-corrected chi connectivity index (χ3v) is 4.29. The van der Waals surface area contributed by atoms with E-state index in [1.165, 1.54) is 6.21 Å². The van der Waals surface area contributed by atoms with Crippen LogP contribution < -0.4 is 14.8 Å². The molecule has 0 aliphatic rings. The molecule has 0 aliphatic carbocycles. The van der Waals surface area contributed by atoms with Gasteiger partial charge in [-0.1, -0.05) is 47.6 Å². The van der Waals surface area contributed by atoms with Crippen molar-refractivity contribution in [1.29, 1.82) is 0 Å². The van der Waals surface area contributed by atoms with Crippen LogP contribution in [-0.4, -0.2) is 25.3 Å². The second-order valence-corrected chi connectivity index (χ2v) is 6.51. The molecule has 0 bridgehead atoms. The second kappa shape index (κ2) is 10.7. The lowest BCUT2D eigenvalue weighted by Crippen LogP contribution is -2.26. The molecule has 0 aliphatic heterocycles. The number of hydrogen-bond acceptors (Lipinski definition) is 5. The number of nitrogens with zero attached hydrogens (tertiary/aromatic N) is 1. The second-order valence-electron chi connectivity index (χ2n) is 6.51. The molecule has 0 spiro atoms. The van der Waals surface area contributed by atoms with Crippen molar-refractivity contribution in [3.8, 4) is 11.5 Å². The van der Waals surface area contributed by atoms with E-state index in [0.29, 0.717) is 18.0 Å². The third kappa shape index (κ3) is 6.10. The van der Waals surface area contributed by atoms with Gasteiger partial charge in [0.05, 0.1) is 13.3 Å². The number of methoxy groups -OCH3 is 1. The minimum absolute atomic E-state index is 0.301. The van der Waals surface area contributed by atoms with Crippen molar-refractivity contribution >= 4 is 17.8 Å². The maximum Gasteiger partial charge on any atom is 0.267 e. The number of anilines is 1. The normalized spacial score (nSPS) is 11.7. The number of amides is 1. The molecule has 6 nitrogen and oxygen atoms in total. The van der Waals surface area contributed by atoms with Gasteiger partial charge in [-0.15, -0.1) is 0 Å². The summed E-state index contributed by atoms with van der Waals surface area (Å²) in [5.74, 6) is 1.10. The maximum absolute atomic E-state index is 12.3. The maximum atomic E-state index is 12.3. The summed E-state index contributed by atoms with van der Waals surface area (Å²) in [4.78, 5) is 17.6. The minimum atomic E-state index is -0.759. The number of nitrogens with one attached hydrogen (secondary N) is 1. The number of rotatable bonds is 9. The molecule has 0 aromatic heterocycles. The Hall–Kier alpha value is -3.80. The van der Waals surface area contributed by atoms with E-state index in [0.717, 1.165) is 16.9 Å². The van der Waals surface area contributed by atoms with E-state index in [1.807, 2.05) is 66.7 Å². The first-order chi connectivity index (χ1) is 14.7. The standard InChI is InChI=1S/C24H24N2O4/c1-18(30-25-16-20-10-6-7-11-23(20)28-2)24(27)26-21-12-14-22(15-13-21)29-17-19-8-4-3-5-9-19/h3-16,18H,17H2,1-2H3,(H,26,27)/b25-16-/t18-/m0/s1. The number of benzene rings is 3. The minimum Gasteiger partial charge on any atom is -0.496 e. The molecule has 0 heterocycles. The van der Waals surface area contributed by atoms with E-state index in [4.69, 9.17) is 14.3 Å². The molecular formula is C24H24N2O4. The van der Waals surface area contributed by atoms with Crippen LogP contribution in [0.1, 0.15) is 18.1 Å². The Bertz CT molecular complexity index is 972. The molecule has 0 saturated carbocycles. The summed E-state index contributed by atoms with van der Waals surface area (Å²) in [7, 11) is 1.58. The summed E-state index contributed by atoms with van der Waals surface area (Å²) in [6.45, 7) is 2.12. The van der Waals surface area contributed by atoms with Crippen LogP contribution in [0.3, 0.4) is 0 Å². The summed E-state index contributed by atoms with van der Waals surface area (Å²) in [6, 6.07) is 24.5. The van der Waals surface area contributed by atoms with Gasteiger partial charge in [-0.2, -0.15) is 0 Å². The van der Waals surface area contributed by atoms with Crippen LogP contribution in [0, 0.1) is 0 Å². The Labute approximate surface area is 176 Å². The average molecular weight is 404 g/mol. The van der Waals surface area contributed by atoms with Gasteiger partial charge in [-0.3, -0.25) is 4.79 Å². The Balaban J connectivity index is 1.48. The van der Waals surface area contributed by atoms with Gasteiger partial charge >= 0.3 is 0 Å². The van der Waals surface area contributed by atoms with Gasteiger partial charge in [0, 0.05) is 11.3 Å². The highest BCUT2D eigenvalue weighted by atomic mass is 16.6. The first-order valence-corrected chi connectivity index (χ1v) is 9.55. The van der Waals surface area contributed by atoms with E-state index < -0.39 is 6.10 Å². The highest BCUT2D eigenvalue weighted by Crippen LogP contribution is 2.18. The smallest absolute Gasteiger partial charge is 0.267 e. The Morgan fingerprint density at radius 2 is 1.70 bits per heavy atom. The molecule has 3 rings (SSSR count). The molecular weight excluding hydrogens is 380 g/mol. The van der Waals surface area contributed by atoms with Crippen LogP contribution in [0.25, 0.3) is 0 Å². The number of para-hydroxylation sites is 1. The molecule has 3 aromatic carbocycles. The number of hydrogen-bond donors (Lipinski definition) is 1. The van der Waals surface area contributed by atoms with Crippen molar-refractivity contribution < 1.29 is 19.1 Å². The third-order valence-electron chi connectivity index (χ3n) is 4.29. The summed E-state index contributed by atoms with van der Waals surface area (Å²) < 4.78 is 11.0. The van der Waals surface area contributed by atoms with E-state index in [9.17, 15) is 4.79 Å². The van der Waals surface area contributed by atoms with Crippen molar-refractivity contribution in [3.63, 3.8) is 0 Å². The number of carbonyl (C=O) groups is 1. The van der Waals surface area contributed by atoms with Crippen LogP contribution in [0.2, 0.25) is 0 Å². The van der Waals surface area contributed by atoms with Crippen LogP contribution in [0.15, 0.2) is 84.0 Å². The first-order valence-electron chi connectivity index (χ1n) is 9.55. The topological polar surface area (TPSA) is 69.2 Å². The van der Waals surface area contributed by atoms with Crippen LogP contribution in [0.5, 0.6) is 11.5 Å². The van der Waals surface area contributed by atoms with Gasteiger partial charge in [-0.25, -0.2) is 0 Å². The molecule has 0 unspecified atom stereocenters. The van der Waals surface area contributed by atoms with Crippen molar-refractivity contribution in [2.45, 2.75) is 19.6 Å². The highest BCUT2D eigenvalue weighted by Gasteiger charge is 2.14. The molecule has 3 aromatic rings. The predicted molar refractivity (Wildman–Crippen MR) is 117 cm³/mol. The Morgan fingerprint density at radius 1 is 1.00 bits per heavy atom. The fourth-order valence-corrected chi connectivity index (χ4v) is 2.62. The average Bonchev–Trinajstić information content (AvgIpc) is 2.79. The lowest BCUT2D eigenvalue weighted by molar-refractivity contribution is -0.126. The molecule has 6 heteroatoms. The SMILES string of the molecule is COc1ccccc1/C=N\O[C@@H](C)C(=O)Nc1ccc(OCc2ccccc2)cc1. The molecule has 154 valence electrons. The van der Waals surface area contributed by atoms with E-state index in [2.05, 4.69) is 10.5 Å². The van der Waals surface area contributed by atoms with Crippen molar-refractivity contribution in [2.24, 2.45) is 5.16 Å². The number of oxime groups is 1. The van der Waals surface area contributed by atoms with Crippen LogP contribution in [0.4, 0.5) is 5.69 Å². The molecule has 0 fully saturated rings. The first kappa shape index (κ1) is 20.9. The van der Waals surface area contributed by atoms with E-state index >= 15 is 0 Å². The Kier molecular flexibility index (Phi) is 7.44. The van der Waals surface area contributed by atoms with Crippen LogP contribution >= 0.6 is 0 Å².